The molecule has 0 aliphatic carbocycles. The molecule has 1 aliphatic heterocycles. The Morgan fingerprint density at radius 2 is 1.84 bits per heavy atom. The molecule has 0 radical (unpaired) electrons. The van der Waals surface area contributed by atoms with Gasteiger partial charge in [0.25, 0.3) is 0 Å². The summed E-state index contributed by atoms with van der Waals surface area (Å²) in [5, 5.41) is 7.41. The van der Waals surface area contributed by atoms with Crippen LogP contribution in [0, 0.1) is 0 Å². The average molecular weight is 444 g/mol. The van der Waals surface area contributed by atoms with Gasteiger partial charge >= 0.3 is 5.97 Å². The van der Waals surface area contributed by atoms with Crippen molar-refractivity contribution in [3.8, 4) is 11.1 Å². The second kappa shape index (κ2) is 9.64. The molecule has 0 saturated heterocycles. The minimum atomic E-state index is -3.83. The number of esters is 1. The molecule has 7 nitrogen and oxygen atoms in total. The number of unbranched alkanes of at least 4 members (excludes halogenated alkanes) is 1. The van der Waals surface area contributed by atoms with Gasteiger partial charge in [0.05, 0.1) is 23.6 Å². The van der Waals surface area contributed by atoms with Crippen LogP contribution in [-0.2, 0) is 26.0 Å². The normalized spacial score (nSPS) is 16.6. The quantitative estimate of drug-likeness (QED) is 0.608. The topological polar surface area (TPSA) is 102 Å². The SMILES string of the molecule is CCCCN1NC(C)C(C(=O)OC)=C1Cc1ccc(-c2ccccc2S(N)(=O)=O)cc1. The molecule has 1 unspecified atom stereocenters. The van der Waals surface area contributed by atoms with Gasteiger partial charge in [-0.15, -0.1) is 0 Å². The van der Waals surface area contributed by atoms with Crippen molar-refractivity contribution in [3.05, 3.63) is 65.4 Å². The van der Waals surface area contributed by atoms with Crippen LogP contribution in [-0.4, -0.2) is 39.1 Å². The minimum absolute atomic E-state index is 0.0954. The molecule has 1 aliphatic rings. The Balaban J connectivity index is 1.92. The molecule has 2 aromatic rings. The van der Waals surface area contributed by atoms with Gasteiger partial charge in [-0.05, 0) is 30.5 Å². The van der Waals surface area contributed by atoms with Crippen LogP contribution in [0.3, 0.4) is 0 Å². The van der Waals surface area contributed by atoms with Crippen LogP contribution in [0.1, 0.15) is 32.3 Å². The molecule has 3 N–H and O–H groups in total. The molecule has 0 bridgehead atoms. The Hall–Kier alpha value is -2.68. The van der Waals surface area contributed by atoms with E-state index in [1.54, 1.807) is 18.2 Å². The van der Waals surface area contributed by atoms with E-state index in [0.717, 1.165) is 36.2 Å². The fourth-order valence-corrected chi connectivity index (χ4v) is 4.59. The molecule has 1 atom stereocenters. The number of benzene rings is 2. The van der Waals surface area contributed by atoms with Crippen molar-refractivity contribution in [3.63, 3.8) is 0 Å². The Bertz CT molecular complexity index is 1080. The van der Waals surface area contributed by atoms with E-state index >= 15 is 0 Å². The lowest BCUT2D eigenvalue weighted by Gasteiger charge is -2.23. The second-order valence-electron chi connectivity index (χ2n) is 7.62. The van der Waals surface area contributed by atoms with Crippen LogP contribution >= 0.6 is 0 Å². The predicted octanol–water partition coefficient (Wildman–Crippen LogP) is 2.98. The van der Waals surface area contributed by atoms with E-state index in [9.17, 15) is 13.2 Å². The Morgan fingerprint density at radius 1 is 1.16 bits per heavy atom. The van der Waals surface area contributed by atoms with E-state index in [2.05, 4.69) is 12.3 Å². The zero-order valence-electron chi connectivity index (χ0n) is 18.1. The molecule has 0 aromatic heterocycles. The molecule has 166 valence electrons. The number of sulfonamides is 1. The molecule has 0 spiro atoms. The first-order valence-electron chi connectivity index (χ1n) is 10.3. The number of carbonyl (C=O) groups excluding carboxylic acids is 1. The maximum atomic E-state index is 12.4. The zero-order valence-corrected chi connectivity index (χ0v) is 18.9. The van der Waals surface area contributed by atoms with Crippen molar-refractivity contribution in [1.29, 1.82) is 0 Å². The van der Waals surface area contributed by atoms with Crippen LogP contribution < -0.4 is 10.6 Å². The van der Waals surface area contributed by atoms with E-state index in [4.69, 9.17) is 9.88 Å². The molecule has 1 heterocycles. The summed E-state index contributed by atoms with van der Waals surface area (Å²) >= 11 is 0. The molecular weight excluding hydrogens is 414 g/mol. The van der Waals surface area contributed by atoms with Gasteiger partial charge in [-0.2, -0.15) is 0 Å². The number of carbonyl (C=O) groups is 1. The largest absolute Gasteiger partial charge is 0.466 e. The summed E-state index contributed by atoms with van der Waals surface area (Å²) in [6, 6.07) is 14.2. The van der Waals surface area contributed by atoms with Crippen molar-refractivity contribution in [2.24, 2.45) is 5.14 Å². The van der Waals surface area contributed by atoms with Gasteiger partial charge in [0.15, 0.2) is 0 Å². The standard InChI is InChI=1S/C23H29N3O4S/c1-4-5-14-26-20(22(16(2)25-26)23(27)30-3)15-17-10-12-18(13-11-17)19-8-6-7-9-21(19)31(24,28)29/h6-13,16,25H,4-5,14-15H2,1-3H3,(H2,24,28,29). The highest BCUT2D eigenvalue weighted by molar-refractivity contribution is 7.89. The van der Waals surface area contributed by atoms with Gasteiger partial charge in [-0.25, -0.2) is 23.8 Å². The number of hydrogen-bond donors (Lipinski definition) is 2. The van der Waals surface area contributed by atoms with Gasteiger partial charge in [0, 0.05) is 24.2 Å². The molecule has 0 fully saturated rings. The Morgan fingerprint density at radius 3 is 2.45 bits per heavy atom. The first kappa shape index (κ1) is 23.0. The van der Waals surface area contributed by atoms with Gasteiger partial charge in [0.2, 0.25) is 10.0 Å². The number of nitrogens with zero attached hydrogens (tertiary/aromatic N) is 1. The molecular formula is C23H29N3O4S. The van der Waals surface area contributed by atoms with E-state index in [-0.39, 0.29) is 16.9 Å². The third-order valence-electron chi connectivity index (χ3n) is 5.39. The van der Waals surface area contributed by atoms with Gasteiger partial charge < -0.3 is 9.75 Å². The monoisotopic (exact) mass is 443 g/mol. The number of methoxy groups -OCH3 is 1. The van der Waals surface area contributed by atoms with Crippen LogP contribution in [0.5, 0.6) is 0 Å². The molecule has 0 saturated carbocycles. The highest BCUT2D eigenvalue weighted by atomic mass is 32.2. The van der Waals surface area contributed by atoms with Crippen LogP contribution in [0.2, 0.25) is 0 Å². The molecule has 31 heavy (non-hydrogen) atoms. The molecule has 3 rings (SSSR count). The second-order valence-corrected chi connectivity index (χ2v) is 9.15. The van der Waals surface area contributed by atoms with Crippen molar-refractivity contribution in [2.75, 3.05) is 13.7 Å². The number of nitrogens with one attached hydrogen (secondary N) is 1. The maximum Gasteiger partial charge on any atom is 0.337 e. The van der Waals surface area contributed by atoms with Crippen molar-refractivity contribution in [1.82, 2.24) is 10.4 Å². The summed E-state index contributed by atoms with van der Waals surface area (Å²) in [5.41, 5.74) is 7.24. The van der Waals surface area contributed by atoms with Crippen LogP contribution in [0.15, 0.2) is 64.7 Å². The van der Waals surface area contributed by atoms with E-state index < -0.39 is 10.0 Å². The summed E-state index contributed by atoms with van der Waals surface area (Å²) < 4.78 is 28.9. The Labute approximate surface area is 183 Å². The number of hydrazine groups is 1. The number of rotatable bonds is 8. The average Bonchev–Trinajstić information content (AvgIpc) is 3.06. The van der Waals surface area contributed by atoms with Gasteiger partial charge in [-0.3, -0.25) is 0 Å². The van der Waals surface area contributed by atoms with Crippen molar-refractivity contribution < 1.29 is 17.9 Å². The van der Waals surface area contributed by atoms with E-state index in [0.29, 0.717) is 17.6 Å². The molecule has 8 heteroatoms. The fourth-order valence-electron chi connectivity index (χ4n) is 3.83. The predicted molar refractivity (Wildman–Crippen MR) is 120 cm³/mol. The summed E-state index contributed by atoms with van der Waals surface area (Å²) in [6.07, 6.45) is 2.61. The summed E-state index contributed by atoms with van der Waals surface area (Å²) in [5.74, 6) is -0.326. The van der Waals surface area contributed by atoms with Gasteiger partial charge in [0.1, 0.15) is 0 Å². The lowest BCUT2D eigenvalue weighted by molar-refractivity contribution is -0.136. The number of hydrogen-bond acceptors (Lipinski definition) is 6. The van der Waals surface area contributed by atoms with Crippen LogP contribution in [0.25, 0.3) is 11.1 Å². The highest BCUT2D eigenvalue weighted by Gasteiger charge is 2.32. The number of allylic oxidation sites excluding steroid dienone is 1. The lowest BCUT2D eigenvalue weighted by atomic mass is 9.99. The van der Waals surface area contributed by atoms with Crippen molar-refractivity contribution >= 4 is 16.0 Å². The summed E-state index contributed by atoms with van der Waals surface area (Å²) in [7, 11) is -2.43. The first-order valence-corrected chi connectivity index (χ1v) is 11.9. The summed E-state index contributed by atoms with van der Waals surface area (Å²) in [6.45, 7) is 4.88. The fraction of sp³-hybridized carbons (Fsp3) is 0.348. The smallest absolute Gasteiger partial charge is 0.337 e. The first-order chi connectivity index (χ1) is 14.8. The highest BCUT2D eigenvalue weighted by Crippen LogP contribution is 2.29. The third-order valence-corrected chi connectivity index (χ3v) is 6.36. The lowest BCUT2D eigenvalue weighted by Crippen LogP contribution is -2.37. The minimum Gasteiger partial charge on any atom is -0.466 e. The molecule has 2 aromatic carbocycles. The van der Waals surface area contributed by atoms with E-state index in [1.165, 1.54) is 13.2 Å². The number of ether oxygens (including phenoxy) is 1. The summed E-state index contributed by atoms with van der Waals surface area (Å²) in [4.78, 5) is 12.5. The maximum absolute atomic E-state index is 12.4. The van der Waals surface area contributed by atoms with E-state index in [1.807, 2.05) is 36.2 Å². The number of nitrogens with two attached hydrogens (primary N) is 1. The van der Waals surface area contributed by atoms with Crippen molar-refractivity contribution in [2.45, 2.75) is 44.0 Å². The zero-order chi connectivity index (χ0) is 22.6. The van der Waals surface area contributed by atoms with Crippen LogP contribution in [0.4, 0.5) is 0 Å². The number of primary sulfonamides is 1. The van der Waals surface area contributed by atoms with Gasteiger partial charge in [-0.1, -0.05) is 55.8 Å². The third kappa shape index (κ3) is 5.15. The molecule has 0 amide bonds. The Kier molecular flexibility index (Phi) is 7.15.